The second-order valence-electron chi connectivity index (χ2n) is 7.91. The first kappa shape index (κ1) is 26.8. The summed E-state index contributed by atoms with van der Waals surface area (Å²) in [6.07, 6.45) is 7.03. The summed E-state index contributed by atoms with van der Waals surface area (Å²) in [4.78, 5) is 35.5. The number of benzene rings is 2. The van der Waals surface area contributed by atoms with Gasteiger partial charge in [-0.15, -0.1) is 4.91 Å². The molecule has 0 radical (unpaired) electrons. The quantitative estimate of drug-likeness (QED) is 0.144. The summed E-state index contributed by atoms with van der Waals surface area (Å²) in [5.41, 5.74) is 1.36. The van der Waals surface area contributed by atoms with Crippen LogP contribution in [0.4, 0.5) is 5.69 Å². The van der Waals surface area contributed by atoms with E-state index in [1.54, 1.807) is 49.4 Å². The first-order valence-electron chi connectivity index (χ1n) is 12.0. The Morgan fingerprint density at radius 2 is 1.62 bits per heavy atom. The Morgan fingerprint density at radius 1 is 0.912 bits per heavy atom. The van der Waals surface area contributed by atoms with E-state index in [0.717, 1.165) is 12.8 Å². The van der Waals surface area contributed by atoms with E-state index in [1.165, 1.54) is 30.7 Å². The van der Waals surface area contributed by atoms with Gasteiger partial charge >= 0.3 is 5.97 Å². The molecule has 0 saturated carbocycles. The molecule has 0 saturated heterocycles. The standard InChI is InChI=1S/C26H35N3O5/c1-3-5-6-7-8-11-19-33-24-13-10-9-12-23(24)25(30)27-22-16-14-21(15-17-22)26(31)34-20-18-29(4-2)28-32/h9-10,12-17H,3-8,11,18-20H2,1-2H3,(H,27,30). The van der Waals surface area contributed by atoms with Crippen molar-refractivity contribution in [2.24, 2.45) is 5.29 Å². The van der Waals surface area contributed by atoms with Gasteiger partial charge in [0.15, 0.2) is 0 Å². The minimum Gasteiger partial charge on any atom is -0.493 e. The van der Waals surface area contributed by atoms with Crippen molar-refractivity contribution in [1.29, 1.82) is 0 Å². The summed E-state index contributed by atoms with van der Waals surface area (Å²) in [5, 5.41) is 6.93. The predicted molar refractivity (Wildman–Crippen MR) is 133 cm³/mol. The van der Waals surface area contributed by atoms with Crippen molar-refractivity contribution >= 4 is 17.6 Å². The fraction of sp³-hybridized carbons (Fsp3) is 0.462. The third-order valence-corrected chi connectivity index (χ3v) is 5.33. The molecule has 8 nitrogen and oxygen atoms in total. The summed E-state index contributed by atoms with van der Waals surface area (Å²) in [7, 11) is 0. The second-order valence-corrected chi connectivity index (χ2v) is 7.91. The lowest BCUT2D eigenvalue weighted by Gasteiger charge is -2.13. The van der Waals surface area contributed by atoms with E-state index < -0.39 is 5.97 Å². The zero-order valence-corrected chi connectivity index (χ0v) is 20.1. The predicted octanol–water partition coefficient (Wildman–Crippen LogP) is 5.84. The first-order chi connectivity index (χ1) is 16.6. The number of unbranched alkanes of at least 4 members (excludes halogenated alkanes) is 5. The number of esters is 1. The molecule has 0 aliphatic heterocycles. The number of hydrogen-bond acceptors (Lipinski definition) is 6. The summed E-state index contributed by atoms with van der Waals surface area (Å²) in [6, 6.07) is 13.6. The molecule has 0 fully saturated rings. The van der Waals surface area contributed by atoms with E-state index in [4.69, 9.17) is 9.47 Å². The smallest absolute Gasteiger partial charge is 0.338 e. The van der Waals surface area contributed by atoms with Gasteiger partial charge in [0.2, 0.25) is 0 Å². The van der Waals surface area contributed by atoms with Crippen LogP contribution in [0, 0.1) is 4.91 Å². The number of rotatable bonds is 16. The van der Waals surface area contributed by atoms with Crippen LogP contribution in [0.2, 0.25) is 0 Å². The number of carbonyl (C=O) groups excluding carboxylic acids is 2. The molecule has 0 aliphatic rings. The van der Waals surface area contributed by atoms with Gasteiger partial charge in [-0.05, 0) is 49.7 Å². The van der Waals surface area contributed by atoms with E-state index in [2.05, 4.69) is 17.5 Å². The summed E-state index contributed by atoms with van der Waals surface area (Å²) < 4.78 is 11.0. The van der Waals surface area contributed by atoms with E-state index in [-0.39, 0.29) is 19.1 Å². The monoisotopic (exact) mass is 469 g/mol. The molecule has 1 amide bonds. The van der Waals surface area contributed by atoms with Crippen LogP contribution < -0.4 is 10.1 Å². The Morgan fingerprint density at radius 3 is 2.32 bits per heavy atom. The highest BCUT2D eigenvalue weighted by Crippen LogP contribution is 2.21. The highest BCUT2D eigenvalue weighted by molar-refractivity contribution is 6.06. The largest absolute Gasteiger partial charge is 0.493 e. The van der Waals surface area contributed by atoms with E-state index in [9.17, 15) is 14.5 Å². The maximum Gasteiger partial charge on any atom is 0.338 e. The molecule has 0 bridgehead atoms. The van der Waals surface area contributed by atoms with Crippen molar-refractivity contribution in [2.75, 3.05) is 31.6 Å². The highest BCUT2D eigenvalue weighted by Gasteiger charge is 2.13. The van der Waals surface area contributed by atoms with Crippen molar-refractivity contribution in [2.45, 2.75) is 52.4 Å². The van der Waals surface area contributed by atoms with Gasteiger partial charge in [-0.25, -0.2) is 4.79 Å². The van der Waals surface area contributed by atoms with Crippen LogP contribution in [0.5, 0.6) is 5.75 Å². The first-order valence-corrected chi connectivity index (χ1v) is 12.0. The highest BCUT2D eigenvalue weighted by atomic mass is 16.5. The third-order valence-electron chi connectivity index (χ3n) is 5.33. The Kier molecular flexibility index (Phi) is 12.2. The molecule has 1 N–H and O–H groups in total. The molecule has 2 rings (SSSR count). The molecule has 2 aromatic carbocycles. The van der Waals surface area contributed by atoms with Crippen molar-refractivity contribution in [3.05, 3.63) is 64.6 Å². The van der Waals surface area contributed by atoms with Gasteiger partial charge in [-0.2, -0.15) is 0 Å². The van der Waals surface area contributed by atoms with Crippen LogP contribution in [-0.4, -0.2) is 43.2 Å². The van der Waals surface area contributed by atoms with E-state index in [0.29, 0.717) is 35.7 Å². The molecule has 0 atom stereocenters. The third kappa shape index (κ3) is 9.21. The molecule has 0 spiro atoms. The fourth-order valence-electron chi connectivity index (χ4n) is 3.32. The Hall–Kier alpha value is -3.42. The summed E-state index contributed by atoms with van der Waals surface area (Å²) in [6.45, 7) is 5.31. The number of amides is 1. The lowest BCUT2D eigenvalue weighted by Crippen LogP contribution is -2.22. The van der Waals surface area contributed by atoms with Gasteiger partial charge in [0.1, 0.15) is 12.4 Å². The van der Waals surface area contributed by atoms with Gasteiger partial charge < -0.3 is 14.8 Å². The van der Waals surface area contributed by atoms with Crippen LogP contribution >= 0.6 is 0 Å². The van der Waals surface area contributed by atoms with Crippen molar-refractivity contribution in [3.63, 3.8) is 0 Å². The zero-order chi connectivity index (χ0) is 24.6. The number of para-hydroxylation sites is 1. The number of ether oxygens (including phenoxy) is 2. The number of nitrogens with zero attached hydrogens (tertiary/aromatic N) is 2. The van der Waals surface area contributed by atoms with Crippen molar-refractivity contribution < 1.29 is 19.1 Å². The lowest BCUT2D eigenvalue weighted by molar-refractivity contribution is 0.0464. The molecule has 0 unspecified atom stereocenters. The number of likely N-dealkylation sites (N-methyl/N-ethyl adjacent to an activating group) is 1. The average molecular weight is 470 g/mol. The minimum atomic E-state index is -0.506. The van der Waals surface area contributed by atoms with Gasteiger partial charge in [-0.3, -0.25) is 9.80 Å². The van der Waals surface area contributed by atoms with Crippen LogP contribution in [0.1, 0.15) is 73.1 Å². The molecular formula is C26H35N3O5. The number of nitrogens with one attached hydrogen (secondary N) is 1. The number of anilines is 1. The molecule has 0 aromatic heterocycles. The number of hydrogen-bond donors (Lipinski definition) is 1. The second kappa shape index (κ2) is 15.4. The van der Waals surface area contributed by atoms with Crippen molar-refractivity contribution in [1.82, 2.24) is 5.01 Å². The summed E-state index contributed by atoms with van der Waals surface area (Å²) >= 11 is 0. The van der Waals surface area contributed by atoms with Gasteiger partial charge in [-0.1, -0.05) is 51.2 Å². The normalized spacial score (nSPS) is 10.4. The maximum absolute atomic E-state index is 12.8. The van der Waals surface area contributed by atoms with Gasteiger partial charge in [0.05, 0.1) is 29.6 Å². The Bertz CT molecular complexity index is 902. The lowest BCUT2D eigenvalue weighted by atomic mass is 10.1. The molecule has 34 heavy (non-hydrogen) atoms. The van der Waals surface area contributed by atoms with Crippen LogP contribution in [-0.2, 0) is 4.74 Å². The van der Waals surface area contributed by atoms with Crippen LogP contribution in [0.25, 0.3) is 0 Å². The van der Waals surface area contributed by atoms with Crippen molar-refractivity contribution in [3.8, 4) is 5.75 Å². The fourth-order valence-corrected chi connectivity index (χ4v) is 3.32. The van der Waals surface area contributed by atoms with Gasteiger partial charge in [0, 0.05) is 12.2 Å². The average Bonchev–Trinajstić information content (AvgIpc) is 2.86. The Labute approximate surface area is 201 Å². The van der Waals surface area contributed by atoms with E-state index in [1.807, 2.05) is 6.07 Å². The SMILES string of the molecule is CCCCCCCCOc1ccccc1C(=O)Nc1ccc(C(=O)OCCN(CC)N=O)cc1. The topological polar surface area (TPSA) is 97.3 Å². The molecule has 0 heterocycles. The van der Waals surface area contributed by atoms with Crippen LogP contribution in [0.15, 0.2) is 53.8 Å². The number of nitroso groups, excluding NO2 is 1. The maximum atomic E-state index is 12.8. The molecule has 8 heteroatoms. The number of carbonyl (C=O) groups is 2. The minimum absolute atomic E-state index is 0.0619. The molecule has 184 valence electrons. The zero-order valence-electron chi connectivity index (χ0n) is 20.1. The molecular weight excluding hydrogens is 434 g/mol. The van der Waals surface area contributed by atoms with E-state index >= 15 is 0 Å². The van der Waals surface area contributed by atoms with Gasteiger partial charge in [0.25, 0.3) is 5.91 Å². The Balaban J connectivity index is 1.85. The molecule has 2 aromatic rings. The summed E-state index contributed by atoms with van der Waals surface area (Å²) in [5.74, 6) is -0.233. The molecule has 0 aliphatic carbocycles. The van der Waals surface area contributed by atoms with Crippen LogP contribution in [0.3, 0.4) is 0 Å².